The van der Waals surface area contributed by atoms with Gasteiger partial charge in [-0.15, -0.1) is 0 Å². The number of nitrogens with one attached hydrogen (secondary N) is 1. The van der Waals surface area contributed by atoms with E-state index in [1.807, 2.05) is 13.8 Å². The number of carbonyl (C=O) groups is 1. The van der Waals surface area contributed by atoms with Crippen LogP contribution in [0.5, 0.6) is 11.5 Å². The van der Waals surface area contributed by atoms with Gasteiger partial charge in [0, 0.05) is 5.54 Å². The fourth-order valence-electron chi connectivity index (χ4n) is 2.12. The second-order valence-electron chi connectivity index (χ2n) is 5.67. The van der Waals surface area contributed by atoms with Gasteiger partial charge in [-0.25, -0.2) is 4.79 Å². The van der Waals surface area contributed by atoms with Crippen LogP contribution in [0.2, 0.25) is 0 Å². The van der Waals surface area contributed by atoms with Crippen molar-refractivity contribution in [2.24, 2.45) is 5.92 Å². The second-order valence-corrected chi connectivity index (χ2v) is 5.67. The molecule has 4 heteroatoms. The average molecular weight is 265 g/mol. The minimum Gasteiger partial charge on any atom is -0.497 e. The molecule has 0 bridgehead atoms. The van der Waals surface area contributed by atoms with Crippen molar-refractivity contribution in [1.82, 2.24) is 5.32 Å². The number of methoxy groups -OCH3 is 1. The average Bonchev–Trinajstić information content (AvgIpc) is 2.27. The molecule has 1 aromatic rings. The predicted octanol–water partition coefficient (Wildman–Crippen LogP) is 3.61. The van der Waals surface area contributed by atoms with Crippen molar-refractivity contribution >= 4 is 6.09 Å². The first-order valence-corrected chi connectivity index (χ1v) is 6.46. The first-order chi connectivity index (χ1) is 8.82. The van der Waals surface area contributed by atoms with E-state index in [0.717, 1.165) is 12.2 Å². The van der Waals surface area contributed by atoms with E-state index in [-0.39, 0.29) is 5.54 Å². The highest BCUT2D eigenvalue weighted by Crippen LogP contribution is 2.19. The molecule has 4 nitrogen and oxygen atoms in total. The van der Waals surface area contributed by atoms with E-state index in [2.05, 4.69) is 19.2 Å². The Morgan fingerprint density at radius 2 is 1.74 bits per heavy atom. The minimum atomic E-state index is -0.434. The number of ether oxygens (including phenoxy) is 2. The predicted molar refractivity (Wildman–Crippen MR) is 75.7 cm³/mol. The summed E-state index contributed by atoms with van der Waals surface area (Å²) in [6, 6.07) is 6.91. The van der Waals surface area contributed by atoms with Crippen molar-refractivity contribution in [3.8, 4) is 11.5 Å². The third kappa shape index (κ3) is 5.64. The lowest BCUT2D eigenvalue weighted by Crippen LogP contribution is -2.45. The van der Waals surface area contributed by atoms with Gasteiger partial charge < -0.3 is 14.8 Å². The molecule has 106 valence electrons. The fraction of sp³-hybridized carbons (Fsp3) is 0.533. The Labute approximate surface area is 115 Å². The molecule has 0 radical (unpaired) electrons. The molecule has 0 aliphatic heterocycles. The third-order valence-corrected chi connectivity index (χ3v) is 2.63. The van der Waals surface area contributed by atoms with Gasteiger partial charge in [-0.2, -0.15) is 0 Å². The maximum absolute atomic E-state index is 11.8. The Bertz CT molecular complexity index is 410. The normalized spacial score (nSPS) is 11.3. The molecule has 1 aromatic carbocycles. The highest BCUT2D eigenvalue weighted by Gasteiger charge is 2.22. The van der Waals surface area contributed by atoms with Gasteiger partial charge in [0.15, 0.2) is 0 Å². The number of carbonyl (C=O) groups excluding carboxylic acids is 1. The lowest BCUT2D eigenvalue weighted by molar-refractivity contribution is 0.184. The number of benzene rings is 1. The van der Waals surface area contributed by atoms with Crippen LogP contribution in [0.15, 0.2) is 24.3 Å². The molecule has 0 aliphatic carbocycles. The zero-order valence-electron chi connectivity index (χ0n) is 12.3. The monoisotopic (exact) mass is 265 g/mol. The molecular formula is C15H23NO3. The molecule has 1 N–H and O–H groups in total. The van der Waals surface area contributed by atoms with Crippen LogP contribution in [-0.4, -0.2) is 18.7 Å². The van der Waals surface area contributed by atoms with Gasteiger partial charge in [0.1, 0.15) is 11.5 Å². The van der Waals surface area contributed by atoms with E-state index in [0.29, 0.717) is 11.7 Å². The highest BCUT2D eigenvalue weighted by molar-refractivity contribution is 5.71. The van der Waals surface area contributed by atoms with Crippen LogP contribution < -0.4 is 14.8 Å². The van der Waals surface area contributed by atoms with Gasteiger partial charge in [0.25, 0.3) is 0 Å². The zero-order chi connectivity index (χ0) is 14.5. The molecule has 0 saturated carbocycles. The quantitative estimate of drug-likeness (QED) is 0.884. The molecular weight excluding hydrogens is 242 g/mol. The van der Waals surface area contributed by atoms with Gasteiger partial charge in [0.2, 0.25) is 0 Å². The minimum absolute atomic E-state index is 0.280. The first kappa shape index (κ1) is 15.3. The molecule has 1 amide bonds. The second kappa shape index (κ2) is 6.45. The topological polar surface area (TPSA) is 47.6 Å². The standard InChI is InChI=1S/C15H23NO3/c1-11(2)10-15(3,4)16-14(17)19-13-8-6-12(18-5)7-9-13/h6-9,11H,10H2,1-5H3,(H,16,17). The summed E-state index contributed by atoms with van der Waals surface area (Å²) in [7, 11) is 1.59. The van der Waals surface area contributed by atoms with Crippen molar-refractivity contribution in [2.45, 2.75) is 39.7 Å². The van der Waals surface area contributed by atoms with Gasteiger partial charge in [-0.3, -0.25) is 0 Å². The van der Waals surface area contributed by atoms with E-state index < -0.39 is 6.09 Å². The van der Waals surface area contributed by atoms with Crippen LogP contribution in [0.3, 0.4) is 0 Å². The van der Waals surface area contributed by atoms with E-state index in [9.17, 15) is 4.79 Å². The first-order valence-electron chi connectivity index (χ1n) is 6.46. The van der Waals surface area contributed by atoms with Crippen LogP contribution in [-0.2, 0) is 0 Å². The SMILES string of the molecule is COc1ccc(OC(=O)NC(C)(C)CC(C)C)cc1. The zero-order valence-corrected chi connectivity index (χ0v) is 12.3. The lowest BCUT2D eigenvalue weighted by atomic mass is 9.93. The van der Waals surface area contributed by atoms with Crippen molar-refractivity contribution in [3.63, 3.8) is 0 Å². The van der Waals surface area contributed by atoms with Gasteiger partial charge >= 0.3 is 6.09 Å². The van der Waals surface area contributed by atoms with Crippen molar-refractivity contribution in [3.05, 3.63) is 24.3 Å². The highest BCUT2D eigenvalue weighted by atomic mass is 16.6. The molecule has 0 spiro atoms. The summed E-state index contributed by atoms with van der Waals surface area (Å²) >= 11 is 0. The third-order valence-electron chi connectivity index (χ3n) is 2.63. The Morgan fingerprint density at radius 1 is 1.21 bits per heavy atom. The molecule has 0 unspecified atom stereocenters. The number of hydrogen-bond donors (Lipinski definition) is 1. The van der Waals surface area contributed by atoms with E-state index in [4.69, 9.17) is 9.47 Å². The van der Waals surface area contributed by atoms with Crippen LogP contribution in [0.4, 0.5) is 4.79 Å². The molecule has 1 rings (SSSR count). The van der Waals surface area contributed by atoms with Crippen LogP contribution >= 0.6 is 0 Å². The molecule has 0 saturated heterocycles. The van der Waals surface area contributed by atoms with Crippen molar-refractivity contribution < 1.29 is 14.3 Å². The van der Waals surface area contributed by atoms with Gasteiger partial charge in [-0.1, -0.05) is 13.8 Å². The van der Waals surface area contributed by atoms with E-state index in [1.54, 1.807) is 31.4 Å². The van der Waals surface area contributed by atoms with Crippen LogP contribution in [0.1, 0.15) is 34.1 Å². The summed E-state index contributed by atoms with van der Waals surface area (Å²) in [5.74, 6) is 1.74. The number of hydrogen-bond acceptors (Lipinski definition) is 3. The van der Waals surface area contributed by atoms with Crippen LogP contribution in [0.25, 0.3) is 0 Å². The largest absolute Gasteiger partial charge is 0.497 e. The van der Waals surface area contributed by atoms with Gasteiger partial charge in [0.05, 0.1) is 7.11 Å². The Hall–Kier alpha value is -1.71. The molecule has 19 heavy (non-hydrogen) atoms. The summed E-state index contributed by atoms with van der Waals surface area (Å²) in [6.07, 6.45) is 0.459. The van der Waals surface area contributed by atoms with E-state index in [1.165, 1.54) is 0 Å². The van der Waals surface area contributed by atoms with Crippen LogP contribution in [0, 0.1) is 5.92 Å². The Balaban J connectivity index is 2.54. The molecule has 0 aliphatic rings. The Kier molecular flexibility index (Phi) is 5.21. The lowest BCUT2D eigenvalue weighted by Gasteiger charge is -2.27. The maximum atomic E-state index is 11.8. The summed E-state index contributed by atoms with van der Waals surface area (Å²) in [6.45, 7) is 8.22. The summed E-state index contributed by atoms with van der Waals surface area (Å²) in [5.41, 5.74) is -0.280. The number of rotatable bonds is 5. The van der Waals surface area contributed by atoms with E-state index >= 15 is 0 Å². The molecule has 0 atom stereocenters. The van der Waals surface area contributed by atoms with Gasteiger partial charge in [-0.05, 0) is 50.5 Å². The molecule has 0 fully saturated rings. The fourth-order valence-corrected chi connectivity index (χ4v) is 2.12. The Morgan fingerprint density at radius 3 is 2.21 bits per heavy atom. The summed E-state index contributed by atoms with van der Waals surface area (Å²) < 4.78 is 10.3. The molecule has 0 aromatic heterocycles. The summed E-state index contributed by atoms with van der Waals surface area (Å²) in [5, 5.41) is 2.87. The summed E-state index contributed by atoms with van der Waals surface area (Å²) in [4.78, 5) is 11.8. The molecule has 0 heterocycles. The van der Waals surface area contributed by atoms with Crippen molar-refractivity contribution in [1.29, 1.82) is 0 Å². The maximum Gasteiger partial charge on any atom is 0.413 e. The van der Waals surface area contributed by atoms with Crippen molar-refractivity contribution in [2.75, 3.05) is 7.11 Å². The smallest absolute Gasteiger partial charge is 0.413 e. The number of amides is 1.